The van der Waals surface area contributed by atoms with Gasteiger partial charge in [-0.15, -0.1) is 0 Å². The first-order chi connectivity index (χ1) is 7.84. The predicted octanol–water partition coefficient (Wildman–Crippen LogP) is 5.12. The minimum atomic E-state index is -0.0832. The van der Waals surface area contributed by atoms with Crippen LogP contribution < -0.4 is 5.73 Å². The van der Waals surface area contributed by atoms with Crippen LogP contribution in [-0.4, -0.2) is 5.11 Å². The number of hydrogen-bond acceptors (Lipinski definition) is 2. The highest BCUT2D eigenvalue weighted by Gasteiger charge is 2.19. The fourth-order valence-corrected chi connectivity index (χ4v) is 4.30. The first-order valence-corrected chi connectivity index (χ1v) is 7.84. The van der Waals surface area contributed by atoms with Crippen molar-refractivity contribution in [2.45, 2.75) is 32.7 Å². The second-order valence-electron chi connectivity index (χ2n) is 4.49. The third-order valence-electron chi connectivity index (χ3n) is 2.61. The van der Waals surface area contributed by atoms with Crippen molar-refractivity contribution in [3.8, 4) is 5.75 Å². The molecular formula is C12H16Br3NO. The summed E-state index contributed by atoms with van der Waals surface area (Å²) in [5.41, 5.74) is 7.10. The molecule has 1 atom stereocenters. The topological polar surface area (TPSA) is 46.2 Å². The van der Waals surface area contributed by atoms with Crippen molar-refractivity contribution in [2.75, 3.05) is 0 Å². The summed E-state index contributed by atoms with van der Waals surface area (Å²) in [7, 11) is 0. The summed E-state index contributed by atoms with van der Waals surface area (Å²) in [4.78, 5) is 0. The first-order valence-electron chi connectivity index (χ1n) is 5.46. The number of hydrogen-bond donors (Lipinski definition) is 2. The van der Waals surface area contributed by atoms with Gasteiger partial charge in [-0.3, -0.25) is 0 Å². The van der Waals surface area contributed by atoms with Crippen LogP contribution in [0.15, 0.2) is 19.5 Å². The van der Waals surface area contributed by atoms with Crippen molar-refractivity contribution in [3.05, 3.63) is 25.0 Å². The lowest BCUT2D eigenvalue weighted by Crippen LogP contribution is -2.12. The molecule has 0 saturated carbocycles. The molecule has 17 heavy (non-hydrogen) atoms. The number of benzene rings is 1. The van der Waals surface area contributed by atoms with Crippen molar-refractivity contribution >= 4 is 47.8 Å². The van der Waals surface area contributed by atoms with E-state index in [0.29, 0.717) is 14.9 Å². The summed E-state index contributed by atoms with van der Waals surface area (Å²) in [5.74, 6) is 0.825. The molecule has 0 unspecified atom stereocenters. The standard InChI is InChI=1S/C12H16Br3NO/c1-6(2)3-4-9(16)10-7(13)5-8(14)12(17)11(10)15/h5-6,9,17H,3-4,16H2,1-2H3/t9-/m0/s1. The molecule has 1 rings (SSSR count). The van der Waals surface area contributed by atoms with Crippen LogP contribution >= 0.6 is 47.8 Å². The maximum Gasteiger partial charge on any atom is 0.144 e. The fourth-order valence-electron chi connectivity index (χ4n) is 1.59. The normalized spacial score (nSPS) is 13.1. The van der Waals surface area contributed by atoms with Crippen LogP contribution in [0.3, 0.4) is 0 Å². The van der Waals surface area contributed by atoms with Crippen molar-refractivity contribution in [1.29, 1.82) is 0 Å². The van der Waals surface area contributed by atoms with Gasteiger partial charge in [-0.25, -0.2) is 0 Å². The lowest BCUT2D eigenvalue weighted by Gasteiger charge is -2.18. The van der Waals surface area contributed by atoms with E-state index in [0.717, 1.165) is 22.9 Å². The molecule has 0 aliphatic carbocycles. The summed E-state index contributed by atoms with van der Waals surface area (Å²) in [6.07, 6.45) is 1.97. The molecule has 5 heteroatoms. The Morgan fingerprint density at radius 2 is 1.76 bits per heavy atom. The highest BCUT2D eigenvalue weighted by Crippen LogP contribution is 2.42. The molecule has 0 fully saturated rings. The Hall–Kier alpha value is 0.420. The predicted molar refractivity (Wildman–Crippen MR) is 82.2 cm³/mol. The zero-order valence-electron chi connectivity index (χ0n) is 9.80. The molecular weight excluding hydrogens is 414 g/mol. The van der Waals surface area contributed by atoms with Crippen molar-refractivity contribution in [2.24, 2.45) is 11.7 Å². The van der Waals surface area contributed by atoms with Crippen LogP contribution in [0.25, 0.3) is 0 Å². The minimum absolute atomic E-state index is 0.0832. The zero-order valence-corrected chi connectivity index (χ0v) is 14.6. The number of phenolic OH excluding ortho intramolecular Hbond substituents is 1. The Morgan fingerprint density at radius 1 is 1.18 bits per heavy atom. The summed E-state index contributed by atoms with van der Waals surface area (Å²) < 4.78 is 2.22. The molecule has 1 aromatic rings. The Kier molecular flexibility index (Phi) is 5.96. The van der Waals surface area contributed by atoms with Gasteiger partial charge in [-0.2, -0.15) is 0 Å². The molecule has 0 bridgehead atoms. The first kappa shape index (κ1) is 15.5. The van der Waals surface area contributed by atoms with Gasteiger partial charge < -0.3 is 10.8 Å². The van der Waals surface area contributed by atoms with Gasteiger partial charge in [-0.05, 0) is 56.7 Å². The van der Waals surface area contributed by atoms with Crippen LogP contribution in [0.1, 0.15) is 38.3 Å². The van der Waals surface area contributed by atoms with Gasteiger partial charge in [0.2, 0.25) is 0 Å². The van der Waals surface area contributed by atoms with Crippen molar-refractivity contribution in [3.63, 3.8) is 0 Å². The maximum absolute atomic E-state index is 9.87. The van der Waals surface area contributed by atoms with E-state index in [-0.39, 0.29) is 11.8 Å². The van der Waals surface area contributed by atoms with Gasteiger partial charge in [0.15, 0.2) is 0 Å². The van der Waals surface area contributed by atoms with E-state index < -0.39 is 0 Å². The van der Waals surface area contributed by atoms with Crippen LogP contribution in [0.4, 0.5) is 0 Å². The number of aromatic hydroxyl groups is 1. The second-order valence-corrected chi connectivity index (χ2v) is 7.00. The molecule has 2 nitrogen and oxygen atoms in total. The van der Waals surface area contributed by atoms with Crippen LogP contribution in [0, 0.1) is 5.92 Å². The Morgan fingerprint density at radius 3 is 2.29 bits per heavy atom. The SMILES string of the molecule is CC(C)CC[C@H](N)c1c(Br)cc(Br)c(O)c1Br. The average molecular weight is 430 g/mol. The molecule has 0 saturated heterocycles. The van der Waals surface area contributed by atoms with Gasteiger partial charge >= 0.3 is 0 Å². The van der Waals surface area contributed by atoms with E-state index in [9.17, 15) is 5.11 Å². The summed E-state index contributed by atoms with van der Waals surface area (Å²) in [6, 6.07) is 1.74. The van der Waals surface area contributed by atoms with Crippen molar-refractivity contribution < 1.29 is 5.11 Å². The maximum atomic E-state index is 9.87. The second kappa shape index (κ2) is 6.55. The van der Waals surface area contributed by atoms with Crippen LogP contribution in [0.5, 0.6) is 5.75 Å². The van der Waals surface area contributed by atoms with Crippen LogP contribution in [-0.2, 0) is 0 Å². The number of phenols is 1. The highest BCUT2D eigenvalue weighted by atomic mass is 79.9. The number of halogens is 3. The molecule has 0 aliphatic rings. The van der Waals surface area contributed by atoms with E-state index in [1.54, 1.807) is 0 Å². The molecule has 0 amide bonds. The summed E-state index contributed by atoms with van der Waals surface area (Å²) in [5, 5.41) is 9.87. The molecule has 0 heterocycles. The lowest BCUT2D eigenvalue weighted by atomic mass is 9.98. The molecule has 0 spiro atoms. The third kappa shape index (κ3) is 3.94. The molecule has 1 aromatic carbocycles. The van der Waals surface area contributed by atoms with Crippen molar-refractivity contribution in [1.82, 2.24) is 0 Å². The largest absolute Gasteiger partial charge is 0.506 e. The molecule has 96 valence electrons. The molecule has 0 aliphatic heterocycles. The van der Waals surface area contributed by atoms with Crippen LogP contribution in [0.2, 0.25) is 0 Å². The summed E-state index contributed by atoms with van der Waals surface area (Å²) in [6.45, 7) is 4.35. The lowest BCUT2D eigenvalue weighted by molar-refractivity contribution is 0.462. The smallest absolute Gasteiger partial charge is 0.144 e. The van der Waals surface area contributed by atoms with Gasteiger partial charge in [0, 0.05) is 16.1 Å². The van der Waals surface area contributed by atoms with Gasteiger partial charge in [0.05, 0.1) is 8.95 Å². The Bertz CT molecular complexity index is 407. The van der Waals surface area contributed by atoms with E-state index in [1.165, 1.54) is 0 Å². The average Bonchev–Trinajstić information content (AvgIpc) is 2.23. The summed E-state index contributed by atoms with van der Waals surface area (Å²) >= 11 is 10.2. The van der Waals surface area contributed by atoms with E-state index in [2.05, 4.69) is 61.6 Å². The highest BCUT2D eigenvalue weighted by molar-refractivity contribution is 9.11. The Balaban J connectivity index is 3.01. The minimum Gasteiger partial charge on any atom is -0.506 e. The number of rotatable bonds is 4. The van der Waals surface area contributed by atoms with Gasteiger partial charge in [0.25, 0.3) is 0 Å². The fraction of sp³-hybridized carbons (Fsp3) is 0.500. The van der Waals surface area contributed by atoms with E-state index in [4.69, 9.17) is 5.73 Å². The zero-order chi connectivity index (χ0) is 13.2. The molecule has 3 N–H and O–H groups in total. The van der Waals surface area contributed by atoms with Gasteiger partial charge in [0.1, 0.15) is 5.75 Å². The van der Waals surface area contributed by atoms with E-state index in [1.807, 2.05) is 6.07 Å². The van der Waals surface area contributed by atoms with E-state index >= 15 is 0 Å². The quantitative estimate of drug-likeness (QED) is 0.698. The number of nitrogens with two attached hydrogens (primary N) is 1. The third-order valence-corrected chi connectivity index (χ3v) is 4.67. The molecule has 0 aromatic heterocycles. The Labute approximate surface area is 127 Å². The monoisotopic (exact) mass is 427 g/mol. The molecule has 0 radical (unpaired) electrons. The van der Waals surface area contributed by atoms with Gasteiger partial charge in [-0.1, -0.05) is 29.8 Å².